The summed E-state index contributed by atoms with van der Waals surface area (Å²) in [5.74, 6) is -0.869. The van der Waals surface area contributed by atoms with E-state index in [2.05, 4.69) is 20.3 Å². The topological polar surface area (TPSA) is 117 Å². The highest BCUT2D eigenvalue weighted by Gasteiger charge is 2.14. The molecule has 0 atom stereocenters. The molecule has 0 spiro atoms. The van der Waals surface area contributed by atoms with Crippen LogP contribution in [0.4, 0.5) is 5.69 Å². The predicted molar refractivity (Wildman–Crippen MR) is 102 cm³/mol. The maximum Gasteiger partial charge on any atom is 0.243 e. The number of nitrogens with one attached hydrogen (secondary N) is 3. The first-order valence-corrected chi connectivity index (χ1v) is 9.87. The molecule has 0 fully saturated rings. The molecule has 8 nitrogen and oxygen atoms in total. The Bertz CT molecular complexity index is 920. The second-order valence-corrected chi connectivity index (χ2v) is 7.75. The summed E-state index contributed by atoms with van der Waals surface area (Å²) in [5.41, 5.74) is 1.29. The Kier molecular flexibility index (Phi) is 7.28. The first-order valence-electron chi connectivity index (χ1n) is 8.01. The number of pyridine rings is 1. The molecule has 0 saturated heterocycles. The summed E-state index contributed by atoms with van der Waals surface area (Å²) in [6, 6.07) is 8.02. The van der Waals surface area contributed by atoms with E-state index in [4.69, 9.17) is 11.6 Å². The van der Waals surface area contributed by atoms with Crippen LogP contribution < -0.4 is 15.4 Å². The fourth-order valence-electron chi connectivity index (χ4n) is 2.09. The zero-order chi connectivity index (χ0) is 19.9. The Hall–Kier alpha value is -2.49. The van der Waals surface area contributed by atoms with E-state index in [-0.39, 0.29) is 24.4 Å². The van der Waals surface area contributed by atoms with Crippen LogP contribution in [0, 0.1) is 6.92 Å². The molecule has 2 rings (SSSR count). The highest BCUT2D eigenvalue weighted by molar-refractivity contribution is 7.89. The molecule has 1 heterocycles. The van der Waals surface area contributed by atoms with Gasteiger partial charge in [0.05, 0.1) is 6.54 Å². The van der Waals surface area contributed by atoms with E-state index in [0.29, 0.717) is 10.7 Å². The number of rotatable bonds is 8. The van der Waals surface area contributed by atoms with Gasteiger partial charge in [-0.1, -0.05) is 17.7 Å². The maximum atomic E-state index is 12.0. The average molecular weight is 411 g/mol. The van der Waals surface area contributed by atoms with Crippen molar-refractivity contribution in [1.82, 2.24) is 15.0 Å². The number of hydrogen-bond acceptors (Lipinski definition) is 5. The van der Waals surface area contributed by atoms with E-state index in [0.717, 1.165) is 5.56 Å². The number of carbonyl (C=O) groups is 2. The van der Waals surface area contributed by atoms with Gasteiger partial charge in [0.15, 0.2) is 0 Å². The highest BCUT2D eigenvalue weighted by Crippen LogP contribution is 2.22. The molecular formula is C17H19ClN4O4S. The molecule has 3 N–H and O–H groups in total. The smallest absolute Gasteiger partial charge is 0.243 e. The van der Waals surface area contributed by atoms with Gasteiger partial charge in [-0.2, -0.15) is 0 Å². The van der Waals surface area contributed by atoms with Crippen LogP contribution in [0.3, 0.4) is 0 Å². The van der Waals surface area contributed by atoms with Gasteiger partial charge < -0.3 is 10.6 Å². The van der Waals surface area contributed by atoms with Gasteiger partial charge in [0.25, 0.3) is 0 Å². The summed E-state index contributed by atoms with van der Waals surface area (Å²) in [6.07, 6.45) is 2.57. The number of amides is 2. The molecule has 10 heteroatoms. The number of hydrogen-bond donors (Lipinski definition) is 3. The standard InChI is InChI=1S/C17H19ClN4O4S/c1-12-14(18)5-2-6-15(12)22-17(24)11-20-16(23)7-9-21-27(25,26)13-4-3-8-19-10-13/h2-6,8,10,21H,7,9,11H2,1H3,(H,20,23)(H,22,24). The Morgan fingerprint density at radius 3 is 2.63 bits per heavy atom. The van der Waals surface area contributed by atoms with Crippen LogP contribution in [-0.4, -0.2) is 38.3 Å². The molecule has 0 unspecified atom stereocenters. The summed E-state index contributed by atoms with van der Waals surface area (Å²) in [5, 5.41) is 5.61. The number of aromatic nitrogens is 1. The molecule has 0 aliphatic rings. The van der Waals surface area contributed by atoms with Crippen molar-refractivity contribution in [2.75, 3.05) is 18.4 Å². The summed E-state index contributed by atoms with van der Waals surface area (Å²) in [4.78, 5) is 27.4. The molecule has 1 aromatic heterocycles. The van der Waals surface area contributed by atoms with Crippen LogP contribution in [0.25, 0.3) is 0 Å². The van der Waals surface area contributed by atoms with Gasteiger partial charge in [-0.05, 0) is 36.8 Å². The molecular weight excluding hydrogens is 392 g/mol. The van der Waals surface area contributed by atoms with E-state index in [1.165, 1.54) is 24.5 Å². The van der Waals surface area contributed by atoms with Crippen LogP contribution in [-0.2, 0) is 19.6 Å². The van der Waals surface area contributed by atoms with Crippen molar-refractivity contribution >= 4 is 39.1 Å². The fraction of sp³-hybridized carbons (Fsp3) is 0.235. The Morgan fingerprint density at radius 2 is 1.93 bits per heavy atom. The van der Waals surface area contributed by atoms with E-state index >= 15 is 0 Å². The zero-order valence-electron chi connectivity index (χ0n) is 14.5. The second-order valence-electron chi connectivity index (χ2n) is 5.57. The van der Waals surface area contributed by atoms with Gasteiger partial charge in [-0.3, -0.25) is 14.6 Å². The van der Waals surface area contributed by atoms with Crippen LogP contribution in [0.1, 0.15) is 12.0 Å². The molecule has 2 aromatic rings. The predicted octanol–water partition coefficient (Wildman–Crippen LogP) is 1.47. The van der Waals surface area contributed by atoms with Gasteiger partial charge in [0, 0.05) is 36.1 Å². The Morgan fingerprint density at radius 1 is 1.15 bits per heavy atom. The minimum atomic E-state index is -3.72. The summed E-state index contributed by atoms with van der Waals surface area (Å²) in [7, 11) is -3.72. The third kappa shape index (κ3) is 6.31. The lowest BCUT2D eigenvalue weighted by atomic mass is 10.2. The van der Waals surface area contributed by atoms with E-state index in [1.807, 2.05) is 0 Å². The van der Waals surface area contributed by atoms with Crippen molar-refractivity contribution in [3.05, 3.63) is 53.3 Å². The van der Waals surface area contributed by atoms with E-state index in [1.54, 1.807) is 25.1 Å². The molecule has 0 saturated carbocycles. The zero-order valence-corrected chi connectivity index (χ0v) is 16.1. The van der Waals surface area contributed by atoms with Gasteiger partial charge in [-0.25, -0.2) is 13.1 Å². The lowest BCUT2D eigenvalue weighted by molar-refractivity contribution is -0.124. The van der Waals surface area contributed by atoms with Gasteiger partial charge in [0.2, 0.25) is 21.8 Å². The fourth-order valence-corrected chi connectivity index (χ4v) is 3.26. The van der Waals surface area contributed by atoms with Gasteiger partial charge in [-0.15, -0.1) is 0 Å². The van der Waals surface area contributed by atoms with Crippen molar-refractivity contribution in [2.24, 2.45) is 0 Å². The molecule has 0 bridgehead atoms. The molecule has 144 valence electrons. The number of anilines is 1. The van der Waals surface area contributed by atoms with Gasteiger partial charge in [0.1, 0.15) is 4.90 Å². The highest BCUT2D eigenvalue weighted by atomic mass is 35.5. The van der Waals surface area contributed by atoms with Crippen LogP contribution in [0.5, 0.6) is 0 Å². The van der Waals surface area contributed by atoms with Crippen molar-refractivity contribution in [1.29, 1.82) is 0 Å². The number of halogens is 1. The summed E-state index contributed by atoms with van der Waals surface area (Å²) >= 11 is 5.98. The molecule has 27 heavy (non-hydrogen) atoms. The van der Waals surface area contributed by atoms with Crippen LogP contribution >= 0.6 is 11.6 Å². The largest absolute Gasteiger partial charge is 0.347 e. The van der Waals surface area contributed by atoms with Crippen molar-refractivity contribution in [3.8, 4) is 0 Å². The Balaban J connectivity index is 1.74. The maximum absolute atomic E-state index is 12.0. The summed E-state index contributed by atoms with van der Waals surface area (Å²) in [6.45, 7) is 1.43. The lowest BCUT2D eigenvalue weighted by Gasteiger charge is -2.10. The minimum absolute atomic E-state index is 0.0154. The molecule has 0 radical (unpaired) electrons. The molecule has 0 aliphatic carbocycles. The Labute approximate surface area is 162 Å². The first-order chi connectivity index (χ1) is 12.8. The molecule has 1 aromatic carbocycles. The lowest BCUT2D eigenvalue weighted by Crippen LogP contribution is -2.35. The third-order valence-electron chi connectivity index (χ3n) is 3.58. The third-order valence-corrected chi connectivity index (χ3v) is 5.43. The molecule has 0 aliphatic heterocycles. The van der Waals surface area contributed by atoms with Crippen LogP contribution in [0.15, 0.2) is 47.6 Å². The van der Waals surface area contributed by atoms with Crippen molar-refractivity contribution in [2.45, 2.75) is 18.2 Å². The number of benzene rings is 1. The normalized spacial score (nSPS) is 11.0. The number of nitrogens with zero attached hydrogens (tertiary/aromatic N) is 1. The average Bonchev–Trinajstić information content (AvgIpc) is 2.64. The van der Waals surface area contributed by atoms with Crippen molar-refractivity contribution in [3.63, 3.8) is 0 Å². The molecule has 2 amide bonds. The first kappa shape index (κ1) is 20.8. The van der Waals surface area contributed by atoms with E-state index < -0.39 is 21.8 Å². The van der Waals surface area contributed by atoms with Crippen molar-refractivity contribution < 1.29 is 18.0 Å². The minimum Gasteiger partial charge on any atom is -0.347 e. The number of sulfonamides is 1. The monoisotopic (exact) mass is 410 g/mol. The summed E-state index contributed by atoms with van der Waals surface area (Å²) < 4.78 is 26.3. The van der Waals surface area contributed by atoms with Gasteiger partial charge >= 0.3 is 0 Å². The SMILES string of the molecule is Cc1c(Cl)cccc1NC(=O)CNC(=O)CCNS(=O)(=O)c1cccnc1. The number of carbonyl (C=O) groups excluding carboxylic acids is 2. The quantitative estimate of drug-likeness (QED) is 0.609. The van der Waals surface area contributed by atoms with E-state index in [9.17, 15) is 18.0 Å². The second kappa shape index (κ2) is 9.45. The van der Waals surface area contributed by atoms with Crippen LogP contribution in [0.2, 0.25) is 5.02 Å².